The molecule has 1 aliphatic rings. The molecule has 10 nitrogen and oxygen atoms in total. The molecule has 10 heteroatoms. The number of nitrogens with zero attached hydrogens (tertiary/aromatic N) is 6. The zero-order valence-corrected chi connectivity index (χ0v) is 17.6. The average molecular weight is 420 g/mol. The van der Waals surface area contributed by atoms with Gasteiger partial charge in [0.05, 0.1) is 12.1 Å². The summed E-state index contributed by atoms with van der Waals surface area (Å²) < 4.78 is 3.28. The third-order valence-corrected chi connectivity index (χ3v) is 5.31. The maximum absolute atomic E-state index is 13.2. The van der Waals surface area contributed by atoms with Crippen LogP contribution in [0.15, 0.2) is 23.1 Å². The molecule has 0 radical (unpaired) electrons. The van der Waals surface area contributed by atoms with Crippen molar-refractivity contribution in [3.8, 4) is 11.8 Å². The maximum Gasteiger partial charge on any atom is 0.281 e. The van der Waals surface area contributed by atoms with Crippen molar-refractivity contribution in [1.82, 2.24) is 24.1 Å². The van der Waals surface area contributed by atoms with Gasteiger partial charge in [-0.25, -0.2) is 4.98 Å². The van der Waals surface area contributed by atoms with Gasteiger partial charge in [-0.05, 0) is 38.3 Å². The number of nitrogens with one attached hydrogen (secondary N) is 1. The Hall–Kier alpha value is -3.87. The minimum absolute atomic E-state index is 0.227. The first-order chi connectivity index (χ1) is 15.0. The lowest BCUT2D eigenvalue weighted by molar-refractivity contribution is 0.1000. The van der Waals surface area contributed by atoms with E-state index in [1.165, 1.54) is 17.2 Å². The minimum Gasteiger partial charge on any atom is -0.366 e. The Morgan fingerprint density at radius 1 is 1.23 bits per heavy atom. The Kier molecular flexibility index (Phi) is 5.58. The first-order valence-electron chi connectivity index (χ1n) is 10.1. The fraction of sp³-hybridized carbons (Fsp3) is 0.381. The first kappa shape index (κ1) is 20.4. The number of rotatable bonds is 5. The van der Waals surface area contributed by atoms with Crippen LogP contribution in [0.3, 0.4) is 0 Å². The lowest BCUT2D eigenvalue weighted by Crippen LogP contribution is -2.32. The van der Waals surface area contributed by atoms with Crippen molar-refractivity contribution in [2.45, 2.75) is 32.7 Å². The number of piperidine rings is 1. The number of nitrogens with two attached hydrogens (primary N) is 1. The summed E-state index contributed by atoms with van der Waals surface area (Å²) >= 11 is 0. The Labute approximate surface area is 179 Å². The number of anilines is 3. The quantitative estimate of drug-likeness (QED) is 0.598. The Balaban J connectivity index is 1.78. The van der Waals surface area contributed by atoms with E-state index in [4.69, 9.17) is 10.7 Å². The number of primary amides is 1. The van der Waals surface area contributed by atoms with Crippen LogP contribution in [-0.2, 0) is 13.6 Å². The Bertz CT molecular complexity index is 1240. The highest BCUT2D eigenvalue weighted by molar-refractivity contribution is 5.92. The number of hydrogen-bond donors (Lipinski definition) is 2. The maximum atomic E-state index is 13.2. The molecule has 0 aromatic carbocycles. The molecule has 1 amide bonds. The summed E-state index contributed by atoms with van der Waals surface area (Å²) in [5.41, 5.74) is 6.11. The second-order valence-electron chi connectivity index (χ2n) is 7.37. The monoisotopic (exact) mass is 420 g/mol. The van der Waals surface area contributed by atoms with Crippen LogP contribution in [0.5, 0.6) is 0 Å². The van der Waals surface area contributed by atoms with E-state index in [0.717, 1.165) is 31.9 Å². The Morgan fingerprint density at radius 2 is 2.00 bits per heavy atom. The molecule has 4 rings (SSSR count). The summed E-state index contributed by atoms with van der Waals surface area (Å²) in [6.07, 6.45) is 4.75. The molecule has 3 aromatic heterocycles. The number of imidazole rings is 1. The van der Waals surface area contributed by atoms with Crippen molar-refractivity contribution in [2.24, 2.45) is 12.8 Å². The van der Waals surface area contributed by atoms with Crippen LogP contribution in [0.4, 0.5) is 17.7 Å². The molecule has 0 bridgehead atoms. The molecule has 1 aliphatic heterocycles. The summed E-state index contributed by atoms with van der Waals surface area (Å²) in [5.74, 6) is 6.83. The number of carbonyl (C=O) groups excluding carboxylic acids is 1. The van der Waals surface area contributed by atoms with Gasteiger partial charge in [0, 0.05) is 26.3 Å². The molecule has 0 spiro atoms. The van der Waals surface area contributed by atoms with E-state index in [1.54, 1.807) is 26.1 Å². The molecule has 1 fully saturated rings. The minimum atomic E-state index is -0.558. The molecule has 0 saturated carbocycles. The van der Waals surface area contributed by atoms with Crippen LogP contribution in [-0.4, -0.2) is 43.1 Å². The van der Waals surface area contributed by atoms with Crippen LogP contribution in [0.1, 0.15) is 36.5 Å². The molecule has 0 atom stereocenters. The van der Waals surface area contributed by atoms with E-state index in [-0.39, 0.29) is 5.56 Å². The van der Waals surface area contributed by atoms with E-state index in [2.05, 4.69) is 32.0 Å². The summed E-state index contributed by atoms with van der Waals surface area (Å²) in [5, 5.41) is 3.02. The van der Waals surface area contributed by atoms with Gasteiger partial charge in [0.15, 0.2) is 11.2 Å². The summed E-state index contributed by atoms with van der Waals surface area (Å²) in [7, 11) is 1.64. The first-order valence-corrected chi connectivity index (χ1v) is 10.1. The molecule has 4 heterocycles. The molecule has 1 saturated heterocycles. The van der Waals surface area contributed by atoms with Crippen molar-refractivity contribution in [3.63, 3.8) is 0 Å². The fourth-order valence-corrected chi connectivity index (χ4v) is 3.63. The van der Waals surface area contributed by atoms with Gasteiger partial charge >= 0.3 is 0 Å². The van der Waals surface area contributed by atoms with Crippen LogP contribution >= 0.6 is 0 Å². The van der Waals surface area contributed by atoms with Gasteiger partial charge in [-0.3, -0.25) is 18.7 Å². The highest BCUT2D eigenvalue weighted by Crippen LogP contribution is 2.24. The zero-order chi connectivity index (χ0) is 22.0. The van der Waals surface area contributed by atoms with Gasteiger partial charge < -0.3 is 16.0 Å². The van der Waals surface area contributed by atoms with Crippen molar-refractivity contribution in [1.29, 1.82) is 0 Å². The van der Waals surface area contributed by atoms with Crippen molar-refractivity contribution < 1.29 is 4.79 Å². The number of hydrogen-bond acceptors (Lipinski definition) is 7. The smallest absolute Gasteiger partial charge is 0.281 e. The van der Waals surface area contributed by atoms with E-state index < -0.39 is 5.91 Å². The largest absolute Gasteiger partial charge is 0.366 e. The third kappa shape index (κ3) is 3.94. The van der Waals surface area contributed by atoms with Gasteiger partial charge in [0.25, 0.3) is 5.56 Å². The summed E-state index contributed by atoms with van der Waals surface area (Å²) in [6, 6.07) is 3.16. The zero-order valence-electron chi connectivity index (χ0n) is 17.6. The third-order valence-electron chi connectivity index (χ3n) is 5.31. The second-order valence-corrected chi connectivity index (χ2v) is 7.37. The highest BCUT2D eigenvalue weighted by atomic mass is 16.1. The topological polar surface area (TPSA) is 124 Å². The number of carbonyl (C=O) groups is 1. The van der Waals surface area contributed by atoms with Crippen LogP contribution in [0.2, 0.25) is 0 Å². The number of pyridine rings is 1. The summed E-state index contributed by atoms with van der Waals surface area (Å²) in [6.45, 7) is 3.93. The van der Waals surface area contributed by atoms with Crippen LogP contribution in [0.25, 0.3) is 11.2 Å². The molecule has 3 aromatic rings. The van der Waals surface area contributed by atoms with Gasteiger partial charge in [0.2, 0.25) is 17.8 Å². The number of fused-ring (bicyclic) bond motifs is 1. The SMILES string of the molecule is CC#CCn1c(N2CCCCC2)nc2nc(Nc3ccc(C(N)=O)cn3)n(C)c(=O)c21. The summed E-state index contributed by atoms with van der Waals surface area (Å²) in [4.78, 5) is 40.1. The normalized spacial score (nSPS) is 13.7. The van der Waals surface area contributed by atoms with E-state index >= 15 is 0 Å². The lowest BCUT2D eigenvalue weighted by atomic mass is 10.1. The van der Waals surface area contributed by atoms with Crippen molar-refractivity contribution >= 4 is 34.8 Å². The molecular weight excluding hydrogens is 396 g/mol. The van der Waals surface area contributed by atoms with Gasteiger partial charge in [-0.2, -0.15) is 9.97 Å². The van der Waals surface area contributed by atoms with Gasteiger partial charge in [0.1, 0.15) is 5.82 Å². The van der Waals surface area contributed by atoms with Crippen molar-refractivity contribution in [2.75, 3.05) is 23.3 Å². The Morgan fingerprint density at radius 3 is 2.65 bits per heavy atom. The predicted molar refractivity (Wildman–Crippen MR) is 118 cm³/mol. The molecule has 3 N–H and O–H groups in total. The standard InChI is InChI=1S/C21H24N8O2/c1-3-4-12-29-16-18(26-21(29)28-10-6-5-7-11-28)25-20(27(2)19(16)31)24-15-9-8-14(13-23-15)17(22)30/h8-9,13H,5-7,10-12H2,1-2H3,(H2,22,30)(H,23,24,25). The molecular formula is C21H24N8O2. The second kappa shape index (κ2) is 8.47. The van der Waals surface area contributed by atoms with Crippen molar-refractivity contribution in [3.05, 3.63) is 34.2 Å². The molecule has 160 valence electrons. The van der Waals surface area contributed by atoms with E-state index in [1.807, 2.05) is 4.57 Å². The van der Waals surface area contributed by atoms with E-state index in [0.29, 0.717) is 35.0 Å². The lowest BCUT2D eigenvalue weighted by Gasteiger charge is -2.27. The molecule has 0 unspecified atom stereocenters. The molecule has 31 heavy (non-hydrogen) atoms. The number of aromatic nitrogens is 5. The highest BCUT2D eigenvalue weighted by Gasteiger charge is 2.23. The predicted octanol–water partition coefficient (Wildman–Crippen LogP) is 1.38. The van der Waals surface area contributed by atoms with Crippen LogP contribution < -0.4 is 21.5 Å². The number of amides is 1. The van der Waals surface area contributed by atoms with E-state index in [9.17, 15) is 9.59 Å². The van der Waals surface area contributed by atoms with Crippen LogP contribution in [0, 0.1) is 11.8 Å². The molecule has 0 aliphatic carbocycles. The van der Waals surface area contributed by atoms with Gasteiger partial charge in [-0.15, -0.1) is 5.92 Å². The fourth-order valence-electron chi connectivity index (χ4n) is 3.63. The average Bonchev–Trinajstić information content (AvgIpc) is 3.15. The van der Waals surface area contributed by atoms with Gasteiger partial charge in [-0.1, -0.05) is 5.92 Å².